The van der Waals surface area contributed by atoms with Gasteiger partial charge in [-0.25, -0.2) is 0 Å². The van der Waals surface area contributed by atoms with Gasteiger partial charge in [-0.1, -0.05) is 29.8 Å². The van der Waals surface area contributed by atoms with E-state index in [0.29, 0.717) is 29.2 Å². The number of amides is 3. The fourth-order valence-corrected chi connectivity index (χ4v) is 6.09. The molecule has 0 radical (unpaired) electrons. The van der Waals surface area contributed by atoms with Crippen molar-refractivity contribution in [3.05, 3.63) is 59.6 Å². The van der Waals surface area contributed by atoms with Gasteiger partial charge in [0, 0.05) is 22.9 Å². The molecule has 3 heterocycles. The van der Waals surface area contributed by atoms with Crippen LogP contribution in [0.15, 0.2) is 54.6 Å². The quantitative estimate of drug-likeness (QED) is 0.585. The van der Waals surface area contributed by atoms with Crippen LogP contribution >= 0.6 is 11.6 Å². The van der Waals surface area contributed by atoms with E-state index >= 15 is 0 Å². The van der Waals surface area contributed by atoms with E-state index < -0.39 is 35.0 Å². The molecule has 3 fully saturated rings. The van der Waals surface area contributed by atoms with Gasteiger partial charge in [0.15, 0.2) is 0 Å². The SMILES string of the molecule is C[C@]12CCC3(O1)C(C(=O)Nc1ccc(Cl)cc1)N(CCO)C(=O)[C@@H]3[C@H]2C(=O)Nc1ccccc1. The van der Waals surface area contributed by atoms with E-state index in [1.165, 1.54) is 4.90 Å². The first-order valence-corrected chi connectivity index (χ1v) is 11.7. The average Bonchev–Trinajstić information content (AvgIpc) is 3.37. The minimum atomic E-state index is -1.14. The predicted molar refractivity (Wildman–Crippen MR) is 126 cm³/mol. The fourth-order valence-electron chi connectivity index (χ4n) is 5.96. The molecule has 2 unspecified atom stereocenters. The minimum Gasteiger partial charge on any atom is -0.395 e. The van der Waals surface area contributed by atoms with E-state index in [-0.39, 0.29) is 25.0 Å². The molecule has 8 nitrogen and oxygen atoms in total. The van der Waals surface area contributed by atoms with E-state index in [1.807, 2.05) is 25.1 Å². The van der Waals surface area contributed by atoms with Crippen LogP contribution in [0.1, 0.15) is 19.8 Å². The van der Waals surface area contributed by atoms with Gasteiger partial charge in [0.25, 0.3) is 0 Å². The Balaban J connectivity index is 1.48. The average molecular weight is 484 g/mol. The molecular weight excluding hydrogens is 458 g/mol. The number of carbonyl (C=O) groups is 3. The Morgan fingerprint density at radius 1 is 1.06 bits per heavy atom. The van der Waals surface area contributed by atoms with Crippen molar-refractivity contribution in [2.75, 3.05) is 23.8 Å². The van der Waals surface area contributed by atoms with Crippen molar-refractivity contribution < 1.29 is 24.2 Å². The molecule has 5 atom stereocenters. The van der Waals surface area contributed by atoms with Crippen LogP contribution in [0.2, 0.25) is 5.02 Å². The third-order valence-corrected chi connectivity index (χ3v) is 7.55. The summed E-state index contributed by atoms with van der Waals surface area (Å²) in [5.74, 6) is -2.65. The molecule has 3 aliphatic heterocycles. The van der Waals surface area contributed by atoms with Gasteiger partial charge in [-0.15, -0.1) is 0 Å². The third kappa shape index (κ3) is 3.48. The molecule has 2 aromatic rings. The Morgan fingerprint density at radius 2 is 1.71 bits per heavy atom. The number of β-amino-alcohol motifs (C(OH)–C–C–N with tert-alkyl or cyclic N) is 1. The first-order valence-electron chi connectivity index (χ1n) is 11.3. The van der Waals surface area contributed by atoms with Gasteiger partial charge in [-0.3, -0.25) is 14.4 Å². The van der Waals surface area contributed by atoms with Gasteiger partial charge < -0.3 is 25.4 Å². The molecule has 1 spiro atoms. The predicted octanol–water partition coefficient (Wildman–Crippen LogP) is 2.67. The lowest BCUT2D eigenvalue weighted by Gasteiger charge is -2.33. The number of benzene rings is 2. The number of aliphatic hydroxyl groups excluding tert-OH is 1. The molecule has 0 aromatic heterocycles. The van der Waals surface area contributed by atoms with Crippen molar-refractivity contribution in [3.8, 4) is 0 Å². The monoisotopic (exact) mass is 483 g/mol. The van der Waals surface area contributed by atoms with Crippen molar-refractivity contribution in [2.45, 2.75) is 37.0 Å². The highest BCUT2D eigenvalue weighted by Crippen LogP contribution is 2.63. The number of nitrogens with zero attached hydrogens (tertiary/aromatic N) is 1. The molecular formula is C25H26ClN3O5. The van der Waals surface area contributed by atoms with Crippen LogP contribution in [0.3, 0.4) is 0 Å². The first-order chi connectivity index (χ1) is 16.3. The summed E-state index contributed by atoms with van der Waals surface area (Å²) < 4.78 is 6.49. The summed E-state index contributed by atoms with van der Waals surface area (Å²) in [6.45, 7) is 1.51. The zero-order chi connectivity index (χ0) is 24.1. The van der Waals surface area contributed by atoms with E-state index in [9.17, 15) is 19.5 Å². The van der Waals surface area contributed by atoms with Gasteiger partial charge in [-0.05, 0) is 56.2 Å². The summed E-state index contributed by atoms with van der Waals surface area (Å²) in [5.41, 5.74) is -0.857. The highest BCUT2D eigenvalue weighted by atomic mass is 35.5. The maximum absolute atomic E-state index is 13.6. The Morgan fingerprint density at radius 3 is 2.38 bits per heavy atom. The number of carbonyl (C=O) groups excluding carboxylic acids is 3. The molecule has 3 saturated heterocycles. The van der Waals surface area contributed by atoms with Gasteiger partial charge in [0.05, 0.1) is 24.0 Å². The molecule has 3 amide bonds. The van der Waals surface area contributed by atoms with Crippen LogP contribution in [0.25, 0.3) is 0 Å². The Labute approximate surface area is 202 Å². The van der Waals surface area contributed by atoms with Crippen LogP contribution in [0, 0.1) is 11.8 Å². The Bertz CT molecular complexity index is 1130. The van der Waals surface area contributed by atoms with E-state index in [4.69, 9.17) is 16.3 Å². The van der Waals surface area contributed by atoms with Crippen molar-refractivity contribution >= 4 is 40.7 Å². The van der Waals surface area contributed by atoms with Crippen LogP contribution in [0.4, 0.5) is 11.4 Å². The first kappa shape index (κ1) is 22.8. The lowest BCUT2D eigenvalue weighted by molar-refractivity contribution is -0.143. The lowest BCUT2D eigenvalue weighted by atomic mass is 9.66. The smallest absolute Gasteiger partial charge is 0.250 e. The number of rotatable bonds is 6. The number of anilines is 2. The van der Waals surface area contributed by atoms with Crippen molar-refractivity contribution in [1.29, 1.82) is 0 Å². The molecule has 9 heteroatoms. The molecule has 2 bridgehead atoms. The standard InChI is InChI=1S/C25H26ClN3O5/c1-24-11-12-25(34-24)19(18(24)21(31)27-16-5-3-2-4-6-16)23(33)29(13-14-30)20(25)22(32)28-17-9-7-15(26)8-10-17/h2-10,18-20,30H,11-14H2,1H3,(H,27,31)(H,28,32)/t18-,19-,20?,24+,25?/m0/s1. The van der Waals surface area contributed by atoms with Gasteiger partial charge >= 0.3 is 0 Å². The lowest BCUT2D eigenvalue weighted by Crippen LogP contribution is -2.53. The summed E-state index contributed by atoms with van der Waals surface area (Å²) in [4.78, 5) is 42.0. The van der Waals surface area contributed by atoms with E-state index in [0.717, 1.165) is 0 Å². The second kappa shape index (κ2) is 8.37. The Kier molecular flexibility index (Phi) is 5.62. The van der Waals surface area contributed by atoms with Crippen LogP contribution < -0.4 is 10.6 Å². The number of hydrogen-bond acceptors (Lipinski definition) is 5. The van der Waals surface area contributed by atoms with Crippen molar-refractivity contribution in [1.82, 2.24) is 4.90 Å². The molecule has 3 N–H and O–H groups in total. The number of halogens is 1. The highest BCUT2D eigenvalue weighted by Gasteiger charge is 2.77. The summed E-state index contributed by atoms with van der Waals surface area (Å²) in [5, 5.41) is 16.0. The molecule has 178 valence electrons. The summed E-state index contributed by atoms with van der Waals surface area (Å²) in [6.07, 6.45) is 1.01. The van der Waals surface area contributed by atoms with E-state index in [2.05, 4.69) is 10.6 Å². The number of hydrogen-bond donors (Lipinski definition) is 3. The number of fused-ring (bicyclic) bond motifs is 1. The second-order valence-corrected chi connectivity index (χ2v) is 9.77. The highest BCUT2D eigenvalue weighted by molar-refractivity contribution is 6.30. The molecule has 0 saturated carbocycles. The summed E-state index contributed by atoms with van der Waals surface area (Å²) in [6, 6.07) is 14.7. The van der Waals surface area contributed by atoms with Gasteiger partial charge in [0.2, 0.25) is 17.7 Å². The largest absolute Gasteiger partial charge is 0.395 e. The van der Waals surface area contributed by atoms with Crippen LogP contribution in [0.5, 0.6) is 0 Å². The van der Waals surface area contributed by atoms with Gasteiger partial charge in [0.1, 0.15) is 11.6 Å². The molecule has 3 aliphatic rings. The van der Waals surface area contributed by atoms with Gasteiger partial charge in [-0.2, -0.15) is 0 Å². The van der Waals surface area contributed by atoms with Crippen LogP contribution in [-0.4, -0.2) is 58.1 Å². The molecule has 5 rings (SSSR count). The number of likely N-dealkylation sites (tertiary alicyclic amines) is 1. The van der Waals surface area contributed by atoms with Crippen LogP contribution in [-0.2, 0) is 19.1 Å². The summed E-state index contributed by atoms with van der Waals surface area (Å²) in [7, 11) is 0. The number of aliphatic hydroxyl groups is 1. The second-order valence-electron chi connectivity index (χ2n) is 9.33. The third-order valence-electron chi connectivity index (χ3n) is 7.30. The molecule has 2 aromatic carbocycles. The fraction of sp³-hybridized carbons (Fsp3) is 0.400. The maximum atomic E-state index is 13.6. The molecule has 34 heavy (non-hydrogen) atoms. The number of nitrogens with one attached hydrogen (secondary N) is 2. The maximum Gasteiger partial charge on any atom is 0.250 e. The minimum absolute atomic E-state index is 0.0249. The summed E-state index contributed by atoms with van der Waals surface area (Å²) >= 11 is 5.95. The van der Waals surface area contributed by atoms with Crippen molar-refractivity contribution in [3.63, 3.8) is 0 Å². The zero-order valence-corrected chi connectivity index (χ0v) is 19.4. The van der Waals surface area contributed by atoms with E-state index in [1.54, 1.807) is 36.4 Å². The topological polar surface area (TPSA) is 108 Å². The Hall–Kier alpha value is -2.94. The normalized spacial score (nSPS) is 31.4. The molecule has 0 aliphatic carbocycles. The van der Waals surface area contributed by atoms with Crippen molar-refractivity contribution in [2.24, 2.45) is 11.8 Å². The number of para-hydroxylation sites is 1. The number of ether oxygens (including phenoxy) is 1. The zero-order valence-electron chi connectivity index (χ0n) is 18.7.